The van der Waals surface area contributed by atoms with Crippen LogP contribution in [0.15, 0.2) is 30.3 Å². The van der Waals surface area contributed by atoms with Crippen molar-refractivity contribution in [2.24, 2.45) is 0 Å². The van der Waals surface area contributed by atoms with Crippen molar-refractivity contribution in [3.05, 3.63) is 75.9 Å². The average molecular weight is 365 g/mol. The number of hydrogen-bond acceptors (Lipinski definition) is 1. The molecule has 0 aliphatic rings. The van der Waals surface area contributed by atoms with Crippen molar-refractivity contribution in [3.63, 3.8) is 0 Å². The van der Waals surface area contributed by atoms with E-state index in [0.717, 1.165) is 24.3 Å². The molecule has 1 nitrogen and oxygen atoms in total. The lowest BCUT2D eigenvalue weighted by Crippen LogP contribution is -2.02. The predicted molar refractivity (Wildman–Crippen MR) is 88.8 cm³/mol. The lowest BCUT2D eigenvalue weighted by molar-refractivity contribution is 0.550. The highest BCUT2D eigenvalue weighted by Crippen LogP contribution is 2.24. The maximum atomic E-state index is 14.1. The average Bonchev–Trinajstić information content (AvgIpc) is 2.58. The summed E-state index contributed by atoms with van der Waals surface area (Å²) < 4.78 is 69.3. The van der Waals surface area contributed by atoms with Gasteiger partial charge in [0.05, 0.1) is 0 Å². The van der Waals surface area contributed by atoms with Crippen molar-refractivity contribution in [1.82, 2.24) is 0 Å². The Morgan fingerprint density at radius 1 is 0.962 bits per heavy atom. The zero-order valence-electron chi connectivity index (χ0n) is 14.1. The number of rotatable bonds is 6. The van der Waals surface area contributed by atoms with Crippen LogP contribution in [0.2, 0.25) is 0 Å². The summed E-state index contributed by atoms with van der Waals surface area (Å²) in [6, 6.07) is 5.12. The number of halogens is 5. The Labute approximate surface area is 148 Å². The van der Waals surface area contributed by atoms with Gasteiger partial charge in [0.1, 0.15) is 40.7 Å². The first kappa shape index (κ1) is 19.6. The lowest BCUT2D eigenvalue weighted by atomic mass is 10.00. The monoisotopic (exact) mass is 365 g/mol. The molecule has 2 rings (SSSR count). The Kier molecular flexibility index (Phi) is 6.51. The second-order valence-electron chi connectivity index (χ2n) is 5.81. The predicted octanol–water partition coefficient (Wildman–Crippen LogP) is 6.01. The van der Waals surface area contributed by atoms with Gasteiger partial charge >= 0.3 is 0 Å². The first-order chi connectivity index (χ1) is 12.4. The molecule has 26 heavy (non-hydrogen) atoms. The van der Waals surface area contributed by atoms with E-state index in [2.05, 4.69) is 0 Å². The summed E-state index contributed by atoms with van der Waals surface area (Å²) in [4.78, 5) is 0. The zero-order chi connectivity index (χ0) is 19.3. The zero-order valence-corrected chi connectivity index (χ0v) is 14.1. The number of benzene rings is 2. The second kappa shape index (κ2) is 8.61. The van der Waals surface area contributed by atoms with E-state index in [1.165, 1.54) is 12.1 Å². The molecule has 0 N–H and O–H groups in total. The Morgan fingerprint density at radius 2 is 1.54 bits per heavy atom. The van der Waals surface area contributed by atoms with Gasteiger partial charge < -0.3 is 0 Å². The molecule has 2 aromatic rings. The van der Waals surface area contributed by atoms with E-state index in [9.17, 15) is 22.0 Å². The minimum Gasteiger partial charge on any atom is -0.207 e. The maximum absolute atomic E-state index is 14.1. The third kappa shape index (κ3) is 4.48. The van der Waals surface area contributed by atoms with Gasteiger partial charge in [0, 0.05) is 11.1 Å². The molecule has 136 valence electrons. The number of nitriles is 1. The SMILES string of the molecule is CCCC=C(F)c1cc(F)c(CCc2cc(F)c(C#N)c(F)c2)c(F)c1. The van der Waals surface area contributed by atoms with Crippen LogP contribution in [0, 0.1) is 34.6 Å². The highest BCUT2D eigenvalue weighted by Gasteiger charge is 2.15. The number of nitrogens with zero attached hydrogens (tertiary/aromatic N) is 1. The number of hydrogen-bond donors (Lipinski definition) is 0. The molecule has 0 unspecified atom stereocenters. The van der Waals surface area contributed by atoms with Crippen molar-refractivity contribution >= 4 is 5.83 Å². The molecular formula is C20H16F5N. The molecule has 0 aliphatic carbocycles. The fourth-order valence-corrected chi connectivity index (χ4v) is 2.51. The molecule has 0 fully saturated rings. The molecule has 0 heterocycles. The molecule has 0 saturated heterocycles. The van der Waals surface area contributed by atoms with Gasteiger partial charge in [-0.1, -0.05) is 13.3 Å². The Balaban J connectivity index is 2.22. The Bertz CT molecular complexity index is 834. The van der Waals surface area contributed by atoms with Gasteiger partial charge in [-0.3, -0.25) is 0 Å². The number of unbranched alkanes of at least 4 members (excludes halogenated alkanes) is 1. The molecule has 0 amide bonds. The van der Waals surface area contributed by atoms with Crippen LogP contribution in [0.25, 0.3) is 5.83 Å². The molecule has 6 heteroatoms. The van der Waals surface area contributed by atoms with Gasteiger partial charge in [0.25, 0.3) is 0 Å². The quantitative estimate of drug-likeness (QED) is 0.575. The standard InChI is InChI=1S/C20H16F5N/c1-2-3-4-16(21)13-9-19(24)14(20(25)10-13)6-5-12-7-17(22)15(11-26)18(23)8-12/h4,7-10H,2-3,5-6H2,1H3. The summed E-state index contributed by atoms with van der Waals surface area (Å²) in [5.41, 5.74) is -1.02. The second-order valence-corrected chi connectivity index (χ2v) is 5.81. The van der Waals surface area contributed by atoms with Crippen LogP contribution in [0.5, 0.6) is 0 Å². The van der Waals surface area contributed by atoms with E-state index in [1.54, 1.807) is 0 Å². The van der Waals surface area contributed by atoms with Crippen LogP contribution in [0.1, 0.15) is 42.0 Å². The van der Waals surface area contributed by atoms with E-state index in [0.29, 0.717) is 12.8 Å². The summed E-state index contributed by atoms with van der Waals surface area (Å²) in [7, 11) is 0. The van der Waals surface area contributed by atoms with Crippen LogP contribution in [-0.4, -0.2) is 0 Å². The highest BCUT2D eigenvalue weighted by molar-refractivity contribution is 5.59. The van der Waals surface area contributed by atoms with Crippen molar-refractivity contribution in [2.75, 3.05) is 0 Å². The fraction of sp³-hybridized carbons (Fsp3) is 0.250. The summed E-state index contributed by atoms with van der Waals surface area (Å²) >= 11 is 0. The summed E-state index contributed by atoms with van der Waals surface area (Å²) in [5.74, 6) is -4.60. The summed E-state index contributed by atoms with van der Waals surface area (Å²) in [5, 5.41) is 8.63. The van der Waals surface area contributed by atoms with Gasteiger partial charge in [-0.05, 0) is 55.2 Å². The van der Waals surface area contributed by atoms with Crippen LogP contribution in [0.4, 0.5) is 22.0 Å². The van der Waals surface area contributed by atoms with Crippen LogP contribution < -0.4 is 0 Å². The summed E-state index contributed by atoms with van der Waals surface area (Å²) in [6.45, 7) is 1.85. The molecular weight excluding hydrogens is 349 g/mol. The van der Waals surface area contributed by atoms with Gasteiger partial charge in [0.2, 0.25) is 0 Å². The molecule has 0 radical (unpaired) electrons. The third-order valence-corrected chi connectivity index (χ3v) is 3.91. The topological polar surface area (TPSA) is 23.8 Å². The van der Waals surface area contributed by atoms with Gasteiger partial charge in [0.15, 0.2) is 0 Å². The minimum absolute atomic E-state index is 0.0408. The van der Waals surface area contributed by atoms with Gasteiger partial charge in [-0.2, -0.15) is 5.26 Å². The van der Waals surface area contributed by atoms with Gasteiger partial charge in [-0.15, -0.1) is 0 Å². The normalized spacial score (nSPS) is 11.5. The molecule has 0 saturated carbocycles. The van der Waals surface area contributed by atoms with Crippen LogP contribution in [-0.2, 0) is 12.8 Å². The maximum Gasteiger partial charge on any atom is 0.144 e. The van der Waals surface area contributed by atoms with E-state index < -0.39 is 34.7 Å². The van der Waals surface area contributed by atoms with Crippen molar-refractivity contribution in [2.45, 2.75) is 32.6 Å². The first-order valence-electron chi connectivity index (χ1n) is 8.09. The van der Waals surface area contributed by atoms with E-state index in [4.69, 9.17) is 5.26 Å². The molecule has 0 aliphatic heterocycles. The van der Waals surface area contributed by atoms with E-state index >= 15 is 0 Å². The summed E-state index contributed by atoms with van der Waals surface area (Å²) in [6.07, 6.45) is 2.21. The molecule has 0 bridgehead atoms. The van der Waals surface area contributed by atoms with Crippen LogP contribution >= 0.6 is 0 Å². The largest absolute Gasteiger partial charge is 0.207 e. The van der Waals surface area contributed by atoms with Crippen molar-refractivity contribution < 1.29 is 22.0 Å². The van der Waals surface area contributed by atoms with Crippen LogP contribution in [0.3, 0.4) is 0 Å². The number of aryl methyl sites for hydroxylation is 1. The number of allylic oxidation sites excluding steroid dienone is 1. The van der Waals surface area contributed by atoms with E-state index in [-0.39, 0.29) is 29.5 Å². The first-order valence-corrected chi connectivity index (χ1v) is 8.09. The smallest absolute Gasteiger partial charge is 0.144 e. The highest BCUT2D eigenvalue weighted by atomic mass is 19.1. The lowest BCUT2D eigenvalue weighted by Gasteiger charge is -2.09. The van der Waals surface area contributed by atoms with Gasteiger partial charge in [-0.25, -0.2) is 22.0 Å². The molecule has 0 atom stereocenters. The molecule has 0 aromatic heterocycles. The van der Waals surface area contributed by atoms with Crippen molar-refractivity contribution in [3.8, 4) is 6.07 Å². The Hall–Kier alpha value is -2.68. The molecule has 0 spiro atoms. The third-order valence-electron chi connectivity index (χ3n) is 3.91. The van der Waals surface area contributed by atoms with Crippen molar-refractivity contribution in [1.29, 1.82) is 5.26 Å². The fourth-order valence-electron chi connectivity index (χ4n) is 2.51. The Morgan fingerprint density at radius 3 is 2.04 bits per heavy atom. The molecule has 2 aromatic carbocycles. The minimum atomic E-state index is -1.03. The van der Waals surface area contributed by atoms with E-state index in [1.807, 2.05) is 6.92 Å².